The topological polar surface area (TPSA) is 0 Å². The van der Waals surface area contributed by atoms with Crippen molar-refractivity contribution in [1.29, 1.82) is 0 Å². The summed E-state index contributed by atoms with van der Waals surface area (Å²) in [6.45, 7) is 2.21. The second-order valence-corrected chi connectivity index (χ2v) is 5.80. The SMILES string of the molecule is Cc1cccc2c(C34C=CC([CH]C3)C4)cccc12. The van der Waals surface area contributed by atoms with Crippen LogP contribution in [0, 0.1) is 19.3 Å². The number of allylic oxidation sites excluding steroid dienone is 2. The molecular weight excluding hydrogens is 216 g/mol. The standard InChI is InChI=1S/C18H17/c1-13-4-2-6-16-15(13)5-3-7-17(16)18-10-8-14(12-18)9-11-18/h2-10,14H,11-12H2,1H3. The van der Waals surface area contributed by atoms with Gasteiger partial charge in [0.1, 0.15) is 0 Å². The van der Waals surface area contributed by atoms with E-state index in [1.54, 1.807) is 0 Å². The van der Waals surface area contributed by atoms with Gasteiger partial charge in [0.15, 0.2) is 0 Å². The van der Waals surface area contributed by atoms with Gasteiger partial charge in [0.2, 0.25) is 0 Å². The maximum absolute atomic E-state index is 2.48. The van der Waals surface area contributed by atoms with E-state index in [0.29, 0.717) is 5.92 Å². The van der Waals surface area contributed by atoms with Crippen molar-refractivity contribution in [2.75, 3.05) is 0 Å². The first kappa shape index (κ1) is 10.4. The molecular formula is C18H17. The third-order valence-corrected chi connectivity index (χ3v) is 4.72. The van der Waals surface area contributed by atoms with Crippen molar-refractivity contribution >= 4 is 10.8 Å². The highest BCUT2D eigenvalue weighted by molar-refractivity contribution is 5.89. The van der Waals surface area contributed by atoms with Crippen LogP contribution in [0.3, 0.4) is 0 Å². The Hall–Kier alpha value is -1.56. The van der Waals surface area contributed by atoms with Crippen LogP contribution in [0.15, 0.2) is 48.6 Å². The number of rotatable bonds is 1. The summed E-state index contributed by atoms with van der Waals surface area (Å²) in [6, 6.07) is 13.5. The van der Waals surface area contributed by atoms with Crippen LogP contribution in [-0.2, 0) is 5.41 Å². The summed E-state index contributed by atoms with van der Waals surface area (Å²) in [5.74, 6) is 0.713. The molecule has 0 nitrogen and oxygen atoms in total. The molecule has 0 N–H and O–H groups in total. The molecule has 0 amide bonds. The van der Waals surface area contributed by atoms with E-state index in [1.807, 2.05) is 0 Å². The van der Waals surface area contributed by atoms with E-state index in [4.69, 9.17) is 0 Å². The lowest BCUT2D eigenvalue weighted by Gasteiger charge is -2.26. The Morgan fingerprint density at radius 2 is 1.89 bits per heavy atom. The molecule has 0 heteroatoms. The monoisotopic (exact) mass is 233 g/mol. The highest BCUT2D eigenvalue weighted by Gasteiger charge is 2.42. The van der Waals surface area contributed by atoms with Crippen molar-refractivity contribution in [1.82, 2.24) is 0 Å². The maximum Gasteiger partial charge on any atom is 0.0147 e. The number of fused-ring (bicyclic) bond motifs is 3. The fraction of sp³-hybridized carbons (Fsp3) is 0.278. The lowest BCUT2D eigenvalue weighted by molar-refractivity contribution is 0.576. The number of hydrogen-bond acceptors (Lipinski definition) is 0. The van der Waals surface area contributed by atoms with Crippen LogP contribution in [-0.4, -0.2) is 0 Å². The van der Waals surface area contributed by atoms with Crippen LogP contribution in [0.4, 0.5) is 0 Å². The molecule has 89 valence electrons. The van der Waals surface area contributed by atoms with Gasteiger partial charge in [-0.1, -0.05) is 48.6 Å². The smallest absolute Gasteiger partial charge is 0.0147 e. The first-order valence-electron chi connectivity index (χ1n) is 6.80. The summed E-state index contributed by atoms with van der Waals surface area (Å²) in [4.78, 5) is 0. The first-order valence-corrected chi connectivity index (χ1v) is 6.80. The lowest BCUT2D eigenvalue weighted by atomic mass is 9.77. The van der Waals surface area contributed by atoms with Gasteiger partial charge in [-0.25, -0.2) is 0 Å². The van der Waals surface area contributed by atoms with Crippen LogP contribution in [0.1, 0.15) is 24.0 Å². The molecule has 18 heavy (non-hydrogen) atoms. The summed E-state index contributed by atoms with van der Waals surface area (Å²) < 4.78 is 0. The van der Waals surface area contributed by atoms with E-state index in [1.165, 1.54) is 34.7 Å². The van der Waals surface area contributed by atoms with E-state index in [0.717, 1.165) is 0 Å². The number of aryl methyl sites for hydroxylation is 1. The molecule has 1 fully saturated rings. The molecule has 2 aliphatic rings. The van der Waals surface area contributed by atoms with Gasteiger partial charge in [-0.05, 0) is 54.0 Å². The Kier molecular flexibility index (Phi) is 2.00. The zero-order valence-corrected chi connectivity index (χ0v) is 10.7. The fourth-order valence-electron chi connectivity index (χ4n) is 3.75. The van der Waals surface area contributed by atoms with Gasteiger partial charge in [-0.2, -0.15) is 0 Å². The molecule has 0 spiro atoms. The van der Waals surface area contributed by atoms with Gasteiger partial charge in [0, 0.05) is 5.41 Å². The van der Waals surface area contributed by atoms with E-state index < -0.39 is 0 Å². The lowest BCUT2D eigenvalue weighted by Crippen LogP contribution is -2.17. The summed E-state index contributed by atoms with van der Waals surface area (Å²) in [7, 11) is 0. The van der Waals surface area contributed by atoms with E-state index in [2.05, 4.69) is 61.9 Å². The average molecular weight is 233 g/mol. The number of benzene rings is 2. The first-order chi connectivity index (χ1) is 8.78. The molecule has 2 bridgehead atoms. The van der Waals surface area contributed by atoms with Gasteiger partial charge < -0.3 is 0 Å². The molecule has 0 aromatic heterocycles. The van der Waals surface area contributed by atoms with Crippen molar-refractivity contribution in [3.8, 4) is 0 Å². The third kappa shape index (κ3) is 1.26. The normalized spacial score (nSPS) is 29.3. The number of hydrogen-bond donors (Lipinski definition) is 0. The maximum atomic E-state index is 2.48. The van der Waals surface area contributed by atoms with Crippen LogP contribution in [0.2, 0.25) is 0 Å². The van der Waals surface area contributed by atoms with Gasteiger partial charge in [-0.3, -0.25) is 0 Å². The predicted octanol–water partition coefficient (Wildman–Crippen LogP) is 4.57. The molecule has 2 aliphatic carbocycles. The molecule has 2 atom stereocenters. The zero-order valence-electron chi connectivity index (χ0n) is 10.7. The van der Waals surface area contributed by atoms with Crippen molar-refractivity contribution in [2.45, 2.75) is 25.2 Å². The summed E-state index contributed by atoms with van der Waals surface area (Å²) in [5, 5.41) is 2.85. The van der Waals surface area contributed by atoms with Gasteiger partial charge in [-0.15, -0.1) is 0 Å². The molecule has 0 heterocycles. The van der Waals surface area contributed by atoms with Crippen LogP contribution in [0.25, 0.3) is 10.8 Å². The van der Waals surface area contributed by atoms with Crippen LogP contribution in [0.5, 0.6) is 0 Å². The highest BCUT2D eigenvalue weighted by Crippen LogP contribution is 2.51. The Morgan fingerprint density at radius 1 is 1.06 bits per heavy atom. The van der Waals surface area contributed by atoms with E-state index >= 15 is 0 Å². The highest BCUT2D eigenvalue weighted by atomic mass is 14.5. The zero-order chi connectivity index (χ0) is 12.2. The molecule has 1 radical (unpaired) electrons. The molecule has 0 aliphatic heterocycles. The minimum atomic E-state index is 0.290. The quantitative estimate of drug-likeness (QED) is 0.633. The van der Waals surface area contributed by atoms with Gasteiger partial charge in [0.05, 0.1) is 0 Å². The molecule has 2 aromatic carbocycles. The van der Waals surface area contributed by atoms with Crippen molar-refractivity contribution < 1.29 is 0 Å². The molecule has 1 saturated carbocycles. The van der Waals surface area contributed by atoms with Crippen LogP contribution >= 0.6 is 0 Å². The molecule has 2 unspecified atom stereocenters. The van der Waals surface area contributed by atoms with Crippen molar-refractivity contribution in [2.24, 2.45) is 5.92 Å². The summed E-state index contributed by atoms with van der Waals surface area (Å²) in [6.07, 6.45) is 9.81. The third-order valence-electron chi connectivity index (χ3n) is 4.72. The minimum Gasteiger partial charge on any atom is -0.0842 e. The van der Waals surface area contributed by atoms with Crippen LogP contribution < -0.4 is 0 Å². The molecule has 2 aromatic rings. The Balaban J connectivity index is 2.01. The molecule has 0 saturated heterocycles. The molecule has 4 rings (SSSR count). The second kappa shape index (κ2) is 3.47. The predicted molar refractivity (Wildman–Crippen MR) is 76.5 cm³/mol. The van der Waals surface area contributed by atoms with Crippen molar-refractivity contribution in [3.05, 3.63) is 66.1 Å². The average Bonchev–Trinajstić information content (AvgIpc) is 3.00. The van der Waals surface area contributed by atoms with Crippen molar-refractivity contribution in [3.63, 3.8) is 0 Å². The minimum absolute atomic E-state index is 0.290. The Bertz CT molecular complexity index is 650. The Morgan fingerprint density at radius 3 is 2.61 bits per heavy atom. The fourth-order valence-corrected chi connectivity index (χ4v) is 3.75. The second-order valence-electron chi connectivity index (χ2n) is 5.80. The summed E-state index contributed by atoms with van der Waals surface area (Å²) >= 11 is 0. The Labute approximate surface area is 108 Å². The van der Waals surface area contributed by atoms with Gasteiger partial charge in [0.25, 0.3) is 0 Å². The van der Waals surface area contributed by atoms with E-state index in [9.17, 15) is 0 Å². The largest absolute Gasteiger partial charge is 0.0842 e. The summed E-state index contributed by atoms with van der Waals surface area (Å²) in [5.41, 5.74) is 3.19. The van der Waals surface area contributed by atoms with Gasteiger partial charge >= 0.3 is 0 Å². The van der Waals surface area contributed by atoms with E-state index in [-0.39, 0.29) is 5.41 Å².